The Morgan fingerprint density at radius 2 is 2.11 bits per heavy atom. The molecule has 0 spiro atoms. The second-order valence-electron chi connectivity index (χ2n) is 4.30. The third kappa shape index (κ3) is 5.33. The smallest absolute Gasteiger partial charge is 0.148 e. The fourth-order valence-corrected chi connectivity index (χ4v) is 2.88. The van der Waals surface area contributed by atoms with E-state index in [0.29, 0.717) is 13.0 Å². The molecule has 0 amide bonds. The highest BCUT2D eigenvalue weighted by Gasteiger charge is 2.15. The van der Waals surface area contributed by atoms with E-state index in [2.05, 4.69) is 5.32 Å². The molecule has 0 fully saturated rings. The lowest BCUT2D eigenvalue weighted by Gasteiger charge is -2.17. The van der Waals surface area contributed by atoms with Crippen molar-refractivity contribution in [3.05, 3.63) is 34.6 Å². The summed E-state index contributed by atoms with van der Waals surface area (Å²) in [5, 5.41) is 3.16. The van der Waals surface area contributed by atoms with Gasteiger partial charge >= 0.3 is 0 Å². The summed E-state index contributed by atoms with van der Waals surface area (Å²) in [7, 11) is -3.07. The highest BCUT2D eigenvalue weighted by Crippen LogP contribution is 2.16. The molecule has 0 aromatic heterocycles. The molecule has 0 aliphatic heterocycles. The standard InChI is InChI=1S/C12H17ClFNO2S/c1-3-15-10(8-18(2,16)17)6-9-4-5-11(13)12(14)7-9/h4-5,7,10,15H,3,6,8H2,1-2H3. The van der Waals surface area contributed by atoms with E-state index in [0.717, 1.165) is 5.56 Å². The SMILES string of the molecule is CCNC(Cc1ccc(Cl)c(F)c1)CS(C)(=O)=O. The number of sulfone groups is 1. The summed E-state index contributed by atoms with van der Waals surface area (Å²) >= 11 is 5.60. The largest absolute Gasteiger partial charge is 0.313 e. The van der Waals surface area contributed by atoms with Crippen LogP contribution in [0.15, 0.2) is 18.2 Å². The van der Waals surface area contributed by atoms with Crippen LogP contribution in [0.5, 0.6) is 0 Å². The fraction of sp³-hybridized carbons (Fsp3) is 0.500. The first kappa shape index (κ1) is 15.4. The van der Waals surface area contributed by atoms with Gasteiger partial charge in [0.1, 0.15) is 15.7 Å². The van der Waals surface area contributed by atoms with Gasteiger partial charge in [-0.3, -0.25) is 0 Å². The van der Waals surface area contributed by atoms with Crippen LogP contribution in [0.3, 0.4) is 0 Å². The first-order valence-corrected chi connectivity index (χ1v) is 8.10. The molecule has 0 saturated carbocycles. The molecule has 1 rings (SSSR count). The molecule has 102 valence electrons. The van der Waals surface area contributed by atoms with Gasteiger partial charge in [-0.15, -0.1) is 0 Å². The Morgan fingerprint density at radius 1 is 1.44 bits per heavy atom. The van der Waals surface area contributed by atoms with Gasteiger partial charge in [-0.25, -0.2) is 12.8 Å². The molecular weight excluding hydrogens is 277 g/mol. The molecule has 0 saturated heterocycles. The van der Waals surface area contributed by atoms with E-state index in [1.807, 2.05) is 6.92 Å². The van der Waals surface area contributed by atoms with Crippen molar-refractivity contribution in [3.63, 3.8) is 0 Å². The van der Waals surface area contributed by atoms with Gasteiger partial charge in [-0.05, 0) is 30.7 Å². The van der Waals surface area contributed by atoms with Gasteiger partial charge in [0.05, 0.1) is 10.8 Å². The lowest BCUT2D eigenvalue weighted by atomic mass is 10.1. The zero-order valence-electron chi connectivity index (χ0n) is 10.4. The molecule has 1 aromatic carbocycles. The van der Waals surface area contributed by atoms with Crippen LogP contribution >= 0.6 is 11.6 Å². The first-order chi connectivity index (χ1) is 8.31. The van der Waals surface area contributed by atoms with Crippen molar-refractivity contribution in [3.8, 4) is 0 Å². The van der Waals surface area contributed by atoms with Gasteiger partial charge in [-0.1, -0.05) is 24.6 Å². The van der Waals surface area contributed by atoms with Crippen molar-refractivity contribution in [2.24, 2.45) is 0 Å². The zero-order valence-corrected chi connectivity index (χ0v) is 12.0. The van der Waals surface area contributed by atoms with Crippen LogP contribution in [0.25, 0.3) is 0 Å². The van der Waals surface area contributed by atoms with Crippen molar-refractivity contribution in [1.29, 1.82) is 0 Å². The molecule has 0 radical (unpaired) electrons. The Balaban J connectivity index is 2.79. The molecule has 3 nitrogen and oxygen atoms in total. The normalized spacial score (nSPS) is 13.6. The van der Waals surface area contributed by atoms with Crippen molar-refractivity contribution in [2.75, 3.05) is 18.6 Å². The van der Waals surface area contributed by atoms with Crippen LogP contribution in [0.4, 0.5) is 4.39 Å². The maximum Gasteiger partial charge on any atom is 0.148 e. The zero-order chi connectivity index (χ0) is 13.8. The summed E-state index contributed by atoms with van der Waals surface area (Å²) in [6.45, 7) is 2.56. The Hall–Kier alpha value is -0.650. The highest BCUT2D eigenvalue weighted by molar-refractivity contribution is 7.90. The number of hydrogen-bond donors (Lipinski definition) is 1. The van der Waals surface area contributed by atoms with Crippen molar-refractivity contribution in [1.82, 2.24) is 5.32 Å². The molecule has 0 aliphatic rings. The molecule has 1 aromatic rings. The summed E-state index contributed by atoms with van der Waals surface area (Å²) in [5.74, 6) is -0.450. The Kier molecular flexibility index (Phi) is 5.56. The number of halogens is 2. The van der Waals surface area contributed by atoms with Crippen molar-refractivity contribution < 1.29 is 12.8 Å². The van der Waals surface area contributed by atoms with Gasteiger partial charge in [0.25, 0.3) is 0 Å². The van der Waals surface area contributed by atoms with Crippen LogP contribution < -0.4 is 5.32 Å². The maximum atomic E-state index is 13.3. The van der Waals surface area contributed by atoms with E-state index >= 15 is 0 Å². The molecule has 1 atom stereocenters. The quantitative estimate of drug-likeness (QED) is 0.873. The van der Waals surface area contributed by atoms with E-state index in [-0.39, 0.29) is 16.8 Å². The lowest BCUT2D eigenvalue weighted by molar-refractivity contribution is 0.543. The second kappa shape index (κ2) is 6.50. The van der Waals surface area contributed by atoms with Gasteiger partial charge < -0.3 is 5.32 Å². The summed E-state index contributed by atoms with van der Waals surface area (Å²) < 4.78 is 35.9. The van der Waals surface area contributed by atoms with E-state index in [4.69, 9.17) is 11.6 Å². The van der Waals surface area contributed by atoms with E-state index < -0.39 is 15.7 Å². The van der Waals surface area contributed by atoms with Crippen LogP contribution in [0.1, 0.15) is 12.5 Å². The summed E-state index contributed by atoms with van der Waals surface area (Å²) in [6, 6.07) is 4.31. The van der Waals surface area contributed by atoms with Gasteiger partial charge in [0, 0.05) is 12.3 Å². The molecule has 1 unspecified atom stereocenters. The Bertz CT molecular complexity index is 505. The summed E-state index contributed by atoms with van der Waals surface area (Å²) in [5.41, 5.74) is 0.728. The number of rotatable bonds is 6. The van der Waals surface area contributed by atoms with Crippen molar-refractivity contribution in [2.45, 2.75) is 19.4 Å². The molecule has 0 heterocycles. The van der Waals surface area contributed by atoms with Crippen molar-refractivity contribution >= 4 is 21.4 Å². The minimum atomic E-state index is -3.07. The molecule has 0 bridgehead atoms. The van der Waals surface area contributed by atoms with Crippen LogP contribution in [-0.2, 0) is 16.3 Å². The minimum Gasteiger partial charge on any atom is -0.313 e. The van der Waals surface area contributed by atoms with Gasteiger partial charge in [-0.2, -0.15) is 0 Å². The van der Waals surface area contributed by atoms with Crippen LogP contribution in [0, 0.1) is 5.82 Å². The first-order valence-electron chi connectivity index (χ1n) is 5.67. The predicted octanol–water partition coefficient (Wildman–Crippen LogP) is 2.04. The highest BCUT2D eigenvalue weighted by atomic mass is 35.5. The summed E-state index contributed by atoms with van der Waals surface area (Å²) in [6.07, 6.45) is 1.65. The third-order valence-corrected chi connectivity index (χ3v) is 3.78. The third-order valence-electron chi connectivity index (χ3n) is 2.46. The van der Waals surface area contributed by atoms with Gasteiger partial charge in [0.15, 0.2) is 0 Å². The average molecular weight is 294 g/mol. The van der Waals surface area contributed by atoms with E-state index in [9.17, 15) is 12.8 Å². The lowest BCUT2D eigenvalue weighted by Crippen LogP contribution is -2.37. The maximum absolute atomic E-state index is 13.3. The van der Waals surface area contributed by atoms with E-state index in [1.165, 1.54) is 18.4 Å². The summed E-state index contributed by atoms with van der Waals surface area (Å²) in [4.78, 5) is 0. The number of likely N-dealkylation sites (N-methyl/N-ethyl adjacent to an activating group) is 1. The second-order valence-corrected chi connectivity index (χ2v) is 6.89. The molecule has 6 heteroatoms. The topological polar surface area (TPSA) is 46.2 Å². The predicted molar refractivity (Wildman–Crippen MR) is 72.3 cm³/mol. The molecule has 1 N–H and O–H groups in total. The van der Waals surface area contributed by atoms with Crippen LogP contribution in [0.2, 0.25) is 5.02 Å². The van der Waals surface area contributed by atoms with Gasteiger partial charge in [0.2, 0.25) is 0 Å². The van der Waals surface area contributed by atoms with Crippen LogP contribution in [-0.4, -0.2) is 33.0 Å². The average Bonchev–Trinajstić information content (AvgIpc) is 2.21. The van der Waals surface area contributed by atoms with E-state index in [1.54, 1.807) is 6.07 Å². The Labute approximate surface area is 112 Å². The minimum absolute atomic E-state index is 0.0328. The number of benzene rings is 1. The monoisotopic (exact) mass is 293 g/mol. The number of nitrogens with one attached hydrogen (secondary N) is 1. The molecular formula is C12H17ClFNO2S. The Morgan fingerprint density at radius 3 is 2.61 bits per heavy atom. The fourth-order valence-electron chi connectivity index (χ4n) is 1.80. The molecule has 18 heavy (non-hydrogen) atoms. The number of hydrogen-bond acceptors (Lipinski definition) is 3. The molecule has 0 aliphatic carbocycles.